The van der Waals surface area contributed by atoms with E-state index in [1.807, 2.05) is 0 Å². The van der Waals surface area contributed by atoms with Gasteiger partial charge < -0.3 is 0 Å². The summed E-state index contributed by atoms with van der Waals surface area (Å²) in [7, 11) is 0. The molecule has 0 spiro atoms. The Balaban J connectivity index is 2.77. The van der Waals surface area contributed by atoms with Crippen molar-refractivity contribution >= 4 is 28.2 Å². The summed E-state index contributed by atoms with van der Waals surface area (Å²) < 4.78 is 0. The Morgan fingerprint density at radius 2 is 2.31 bits per heavy atom. The van der Waals surface area contributed by atoms with Crippen molar-refractivity contribution in [2.45, 2.75) is 0 Å². The van der Waals surface area contributed by atoms with E-state index in [9.17, 15) is 10.1 Å². The number of nitrogens with zero attached hydrogens (tertiary/aromatic N) is 2. The van der Waals surface area contributed by atoms with Crippen LogP contribution in [0, 0.1) is 10.1 Å². The zero-order valence-corrected chi connectivity index (χ0v) is 7.08. The summed E-state index contributed by atoms with van der Waals surface area (Å²) >= 11 is 5.77. The van der Waals surface area contributed by atoms with Crippen molar-refractivity contribution in [2.75, 3.05) is 0 Å². The highest BCUT2D eigenvalue weighted by Gasteiger charge is 2.10. The number of nitro groups is 1. The van der Waals surface area contributed by atoms with Gasteiger partial charge in [0.2, 0.25) is 0 Å². The molecule has 0 radical (unpaired) electrons. The van der Waals surface area contributed by atoms with Crippen LogP contribution in [0.5, 0.6) is 0 Å². The van der Waals surface area contributed by atoms with Crippen LogP contribution in [0.15, 0.2) is 18.3 Å². The van der Waals surface area contributed by atoms with E-state index >= 15 is 0 Å². The highest BCUT2D eigenvalue weighted by atomic mass is 35.5. The third-order valence-corrected chi connectivity index (χ3v) is 1.99. The number of fused-ring (bicyclic) bond motifs is 1. The van der Waals surface area contributed by atoms with Crippen molar-refractivity contribution in [1.82, 2.24) is 10.2 Å². The molecule has 0 atom stereocenters. The molecule has 2 aromatic rings. The van der Waals surface area contributed by atoms with Crippen molar-refractivity contribution in [3.05, 3.63) is 33.5 Å². The first-order valence-electron chi connectivity index (χ1n) is 3.45. The van der Waals surface area contributed by atoms with E-state index in [2.05, 4.69) is 10.2 Å². The predicted octanol–water partition coefficient (Wildman–Crippen LogP) is 2.12. The molecule has 13 heavy (non-hydrogen) atoms. The lowest BCUT2D eigenvalue weighted by Crippen LogP contribution is -1.87. The van der Waals surface area contributed by atoms with Crippen molar-refractivity contribution in [3.63, 3.8) is 0 Å². The first-order valence-corrected chi connectivity index (χ1v) is 3.83. The molecule has 1 heterocycles. The van der Waals surface area contributed by atoms with Gasteiger partial charge in [0, 0.05) is 17.5 Å². The lowest BCUT2D eigenvalue weighted by atomic mass is 10.2. The number of rotatable bonds is 1. The predicted molar refractivity (Wildman–Crippen MR) is 47.8 cm³/mol. The van der Waals surface area contributed by atoms with Crippen molar-refractivity contribution < 1.29 is 4.92 Å². The maximum Gasteiger partial charge on any atom is 0.271 e. The zero-order valence-electron chi connectivity index (χ0n) is 6.32. The Hall–Kier alpha value is -1.62. The largest absolute Gasteiger partial charge is 0.276 e. The number of hydrogen-bond donors (Lipinski definition) is 1. The fourth-order valence-electron chi connectivity index (χ4n) is 1.10. The van der Waals surface area contributed by atoms with Gasteiger partial charge in [0.05, 0.1) is 21.7 Å². The highest BCUT2D eigenvalue weighted by molar-refractivity contribution is 6.35. The minimum Gasteiger partial charge on any atom is -0.276 e. The number of nitrogens with one attached hydrogen (secondary N) is 1. The molecule has 0 aliphatic carbocycles. The van der Waals surface area contributed by atoms with Crippen LogP contribution in [0.3, 0.4) is 0 Å². The minimum atomic E-state index is -0.488. The second kappa shape index (κ2) is 2.70. The molecular weight excluding hydrogens is 194 g/mol. The van der Waals surface area contributed by atoms with Crippen LogP contribution < -0.4 is 0 Å². The van der Waals surface area contributed by atoms with Gasteiger partial charge in [-0.05, 0) is 0 Å². The van der Waals surface area contributed by atoms with Gasteiger partial charge in [-0.2, -0.15) is 5.10 Å². The molecular formula is C7H4ClN3O2. The van der Waals surface area contributed by atoms with Gasteiger partial charge in [0.25, 0.3) is 5.69 Å². The summed E-state index contributed by atoms with van der Waals surface area (Å²) in [5.41, 5.74) is 0.589. The Bertz CT molecular complexity index is 480. The van der Waals surface area contributed by atoms with Gasteiger partial charge in [-0.1, -0.05) is 11.6 Å². The van der Waals surface area contributed by atoms with Gasteiger partial charge in [0.15, 0.2) is 0 Å². The van der Waals surface area contributed by atoms with E-state index in [0.717, 1.165) is 0 Å². The molecule has 0 saturated heterocycles. The number of hydrogen-bond acceptors (Lipinski definition) is 3. The molecule has 0 unspecified atom stereocenters. The summed E-state index contributed by atoms with van der Waals surface area (Å²) in [4.78, 5) is 9.95. The fourth-order valence-corrected chi connectivity index (χ4v) is 1.37. The SMILES string of the molecule is O=[N+]([O-])c1cc(Cl)c2[nH]ncc2c1. The van der Waals surface area contributed by atoms with Gasteiger partial charge in [-0.25, -0.2) is 0 Å². The molecule has 0 bridgehead atoms. The third-order valence-electron chi connectivity index (χ3n) is 1.70. The number of aromatic nitrogens is 2. The maximum atomic E-state index is 10.4. The lowest BCUT2D eigenvalue weighted by molar-refractivity contribution is -0.384. The van der Waals surface area contributed by atoms with Crippen LogP contribution in [0.25, 0.3) is 10.9 Å². The molecule has 0 amide bonds. The van der Waals surface area contributed by atoms with E-state index in [1.165, 1.54) is 18.3 Å². The Morgan fingerprint density at radius 3 is 3.00 bits per heavy atom. The van der Waals surface area contributed by atoms with E-state index in [-0.39, 0.29) is 5.69 Å². The third kappa shape index (κ3) is 1.23. The molecule has 1 aromatic heterocycles. The van der Waals surface area contributed by atoms with Crippen LogP contribution >= 0.6 is 11.6 Å². The summed E-state index contributed by atoms with van der Waals surface area (Å²) in [6.45, 7) is 0. The molecule has 1 N–H and O–H groups in total. The Labute approximate surface area is 77.5 Å². The minimum absolute atomic E-state index is 0.0288. The lowest BCUT2D eigenvalue weighted by Gasteiger charge is -1.93. The summed E-state index contributed by atoms with van der Waals surface area (Å²) in [5.74, 6) is 0. The zero-order chi connectivity index (χ0) is 9.42. The van der Waals surface area contributed by atoms with E-state index in [0.29, 0.717) is 15.9 Å². The summed E-state index contributed by atoms with van der Waals surface area (Å²) in [6, 6.07) is 2.72. The van der Waals surface area contributed by atoms with Crippen LogP contribution in [-0.2, 0) is 0 Å². The monoisotopic (exact) mass is 197 g/mol. The smallest absolute Gasteiger partial charge is 0.271 e. The van der Waals surface area contributed by atoms with E-state index in [1.54, 1.807) is 0 Å². The number of nitro benzene ring substituents is 1. The number of halogens is 1. The second-order valence-electron chi connectivity index (χ2n) is 2.52. The number of non-ortho nitro benzene ring substituents is 1. The van der Waals surface area contributed by atoms with Crippen LogP contribution in [0.2, 0.25) is 5.02 Å². The van der Waals surface area contributed by atoms with Crippen molar-refractivity contribution in [1.29, 1.82) is 0 Å². The molecule has 0 aliphatic heterocycles. The van der Waals surface area contributed by atoms with Crippen molar-refractivity contribution in [2.24, 2.45) is 0 Å². The number of H-pyrrole nitrogens is 1. The fraction of sp³-hybridized carbons (Fsp3) is 0. The van der Waals surface area contributed by atoms with E-state index in [4.69, 9.17) is 11.6 Å². The second-order valence-corrected chi connectivity index (χ2v) is 2.93. The molecule has 0 aliphatic rings. The maximum absolute atomic E-state index is 10.4. The molecule has 0 fully saturated rings. The quantitative estimate of drug-likeness (QED) is 0.562. The average Bonchev–Trinajstić information content (AvgIpc) is 2.51. The van der Waals surface area contributed by atoms with Gasteiger partial charge in [0.1, 0.15) is 0 Å². The molecule has 0 saturated carbocycles. The Kier molecular flexibility index (Phi) is 1.66. The highest BCUT2D eigenvalue weighted by Crippen LogP contribution is 2.26. The molecule has 1 aromatic carbocycles. The van der Waals surface area contributed by atoms with Crippen LogP contribution in [-0.4, -0.2) is 15.1 Å². The normalized spacial score (nSPS) is 10.5. The van der Waals surface area contributed by atoms with Crippen LogP contribution in [0.1, 0.15) is 0 Å². The summed E-state index contributed by atoms with van der Waals surface area (Å²) in [5, 5.41) is 17.8. The van der Waals surface area contributed by atoms with Gasteiger partial charge in [-0.15, -0.1) is 0 Å². The summed E-state index contributed by atoms with van der Waals surface area (Å²) in [6.07, 6.45) is 1.49. The number of benzene rings is 1. The first-order chi connectivity index (χ1) is 6.18. The van der Waals surface area contributed by atoms with E-state index < -0.39 is 4.92 Å². The average molecular weight is 198 g/mol. The topological polar surface area (TPSA) is 71.8 Å². The van der Waals surface area contributed by atoms with Crippen LogP contribution in [0.4, 0.5) is 5.69 Å². The molecule has 2 rings (SSSR count). The standard InChI is InChI=1S/C7H4ClN3O2/c8-6-2-5(11(12)13)1-4-3-9-10-7(4)6/h1-3H,(H,9,10). The molecule has 5 nitrogen and oxygen atoms in total. The molecule has 66 valence electrons. The molecule has 6 heteroatoms. The van der Waals surface area contributed by atoms with Crippen molar-refractivity contribution in [3.8, 4) is 0 Å². The number of aromatic amines is 1. The van der Waals surface area contributed by atoms with Gasteiger partial charge in [-0.3, -0.25) is 15.2 Å². The Morgan fingerprint density at radius 1 is 1.54 bits per heavy atom. The van der Waals surface area contributed by atoms with Gasteiger partial charge >= 0.3 is 0 Å². The first kappa shape index (κ1) is 8.00.